The van der Waals surface area contributed by atoms with Crippen LogP contribution in [0.2, 0.25) is 0 Å². The van der Waals surface area contributed by atoms with Gasteiger partial charge in [-0.25, -0.2) is 0 Å². The monoisotopic (exact) mass is 188 g/mol. The van der Waals surface area contributed by atoms with Gasteiger partial charge in [0, 0.05) is 12.5 Å². The molecule has 0 aromatic rings. The molecule has 1 saturated heterocycles. The zero-order valence-corrected chi connectivity index (χ0v) is 7.93. The molecule has 0 amide bonds. The standard InChI is InChI=1S/C9H16O4/c1-9(2)12-6-3-5(4-10)7(11)8(6)13-9/h5-8,10-11H,3-4H2,1-2H3/t5-,6-,7?,8?/m1/s1. The number of hydrogen-bond acceptors (Lipinski definition) is 4. The molecule has 76 valence electrons. The number of fused-ring (bicyclic) bond motifs is 1. The van der Waals surface area contributed by atoms with E-state index in [9.17, 15) is 5.11 Å². The SMILES string of the molecule is CC1(C)OC2C(O)[C@@H](CO)C[C@H]2O1. The fourth-order valence-electron chi connectivity index (χ4n) is 2.22. The Hall–Kier alpha value is -0.160. The lowest BCUT2D eigenvalue weighted by Gasteiger charge is -2.22. The van der Waals surface area contributed by atoms with Crippen molar-refractivity contribution in [2.75, 3.05) is 6.61 Å². The first-order valence-corrected chi connectivity index (χ1v) is 4.68. The summed E-state index contributed by atoms with van der Waals surface area (Å²) in [5.74, 6) is -0.678. The fraction of sp³-hybridized carbons (Fsp3) is 1.00. The number of aliphatic hydroxyl groups is 2. The minimum Gasteiger partial charge on any atom is -0.396 e. The summed E-state index contributed by atoms with van der Waals surface area (Å²) >= 11 is 0. The zero-order chi connectivity index (χ0) is 9.64. The lowest BCUT2D eigenvalue weighted by atomic mass is 10.1. The second kappa shape index (κ2) is 2.92. The van der Waals surface area contributed by atoms with Gasteiger partial charge in [0.25, 0.3) is 0 Å². The van der Waals surface area contributed by atoms with Crippen molar-refractivity contribution in [2.45, 2.75) is 44.4 Å². The van der Waals surface area contributed by atoms with E-state index in [1.165, 1.54) is 0 Å². The van der Waals surface area contributed by atoms with Gasteiger partial charge in [0.1, 0.15) is 6.10 Å². The molecule has 4 heteroatoms. The van der Waals surface area contributed by atoms with Crippen molar-refractivity contribution in [2.24, 2.45) is 5.92 Å². The van der Waals surface area contributed by atoms with Crippen LogP contribution in [0.15, 0.2) is 0 Å². The molecule has 2 aliphatic rings. The molecule has 13 heavy (non-hydrogen) atoms. The Balaban J connectivity index is 2.07. The van der Waals surface area contributed by atoms with Crippen LogP contribution in [0.3, 0.4) is 0 Å². The van der Waals surface area contributed by atoms with Crippen LogP contribution in [0.4, 0.5) is 0 Å². The van der Waals surface area contributed by atoms with E-state index in [4.69, 9.17) is 14.6 Å². The third-order valence-electron chi connectivity index (χ3n) is 2.81. The van der Waals surface area contributed by atoms with Crippen LogP contribution in [-0.2, 0) is 9.47 Å². The average molecular weight is 188 g/mol. The minimum atomic E-state index is -0.587. The van der Waals surface area contributed by atoms with Crippen molar-refractivity contribution in [3.05, 3.63) is 0 Å². The minimum absolute atomic E-state index is 0.00130. The van der Waals surface area contributed by atoms with Gasteiger partial charge in [0.2, 0.25) is 0 Å². The first kappa shape index (κ1) is 9.40. The lowest BCUT2D eigenvalue weighted by Crippen LogP contribution is -2.32. The highest BCUT2D eigenvalue weighted by Gasteiger charge is 2.52. The Morgan fingerprint density at radius 1 is 1.38 bits per heavy atom. The van der Waals surface area contributed by atoms with Crippen molar-refractivity contribution >= 4 is 0 Å². The van der Waals surface area contributed by atoms with E-state index < -0.39 is 11.9 Å². The summed E-state index contributed by atoms with van der Waals surface area (Å²) in [4.78, 5) is 0. The number of rotatable bonds is 1. The maximum absolute atomic E-state index is 9.73. The molecule has 2 rings (SSSR count). The molecule has 1 aliphatic heterocycles. The summed E-state index contributed by atoms with van der Waals surface area (Å²) in [5.41, 5.74) is 0. The molecule has 0 aromatic heterocycles. The molecule has 2 N–H and O–H groups in total. The van der Waals surface area contributed by atoms with Gasteiger partial charge in [-0.05, 0) is 20.3 Å². The van der Waals surface area contributed by atoms with E-state index in [0.717, 1.165) is 0 Å². The maximum atomic E-state index is 9.73. The van der Waals surface area contributed by atoms with Gasteiger partial charge in [0.15, 0.2) is 5.79 Å². The van der Waals surface area contributed by atoms with Gasteiger partial charge in [0.05, 0.1) is 12.2 Å². The highest BCUT2D eigenvalue weighted by atomic mass is 16.8. The van der Waals surface area contributed by atoms with Crippen LogP contribution in [0.25, 0.3) is 0 Å². The Kier molecular flexibility index (Phi) is 2.11. The van der Waals surface area contributed by atoms with Crippen LogP contribution in [-0.4, -0.2) is 40.9 Å². The van der Waals surface area contributed by atoms with Crippen molar-refractivity contribution < 1.29 is 19.7 Å². The van der Waals surface area contributed by atoms with Gasteiger partial charge in [-0.15, -0.1) is 0 Å². The highest BCUT2D eigenvalue weighted by molar-refractivity contribution is 4.97. The topological polar surface area (TPSA) is 58.9 Å². The highest BCUT2D eigenvalue weighted by Crippen LogP contribution is 2.40. The first-order valence-electron chi connectivity index (χ1n) is 4.68. The maximum Gasteiger partial charge on any atom is 0.163 e. The van der Waals surface area contributed by atoms with Crippen LogP contribution in [0.1, 0.15) is 20.3 Å². The Labute approximate surface area is 77.5 Å². The van der Waals surface area contributed by atoms with Crippen LogP contribution in [0, 0.1) is 5.92 Å². The summed E-state index contributed by atoms with van der Waals surface area (Å²) in [6.07, 6.45) is -0.211. The Bertz CT molecular complexity index is 204. The quantitative estimate of drug-likeness (QED) is 0.602. The summed E-state index contributed by atoms with van der Waals surface area (Å²) in [6, 6.07) is 0. The fourth-order valence-corrected chi connectivity index (χ4v) is 2.22. The zero-order valence-electron chi connectivity index (χ0n) is 7.93. The van der Waals surface area contributed by atoms with Gasteiger partial charge < -0.3 is 19.7 Å². The van der Waals surface area contributed by atoms with Crippen molar-refractivity contribution in [3.63, 3.8) is 0 Å². The second-order valence-electron chi connectivity index (χ2n) is 4.31. The van der Waals surface area contributed by atoms with Gasteiger partial charge in [-0.1, -0.05) is 0 Å². The molecule has 1 heterocycles. The van der Waals surface area contributed by atoms with Crippen LogP contribution >= 0.6 is 0 Å². The predicted molar refractivity (Wildman–Crippen MR) is 45.0 cm³/mol. The molecule has 1 saturated carbocycles. The molecule has 0 bridgehead atoms. The van der Waals surface area contributed by atoms with Crippen LogP contribution < -0.4 is 0 Å². The van der Waals surface area contributed by atoms with Gasteiger partial charge in [-0.2, -0.15) is 0 Å². The smallest absolute Gasteiger partial charge is 0.163 e. The largest absolute Gasteiger partial charge is 0.396 e. The predicted octanol–water partition coefficient (Wildman–Crippen LogP) is -0.120. The molecule has 2 unspecified atom stereocenters. The van der Waals surface area contributed by atoms with E-state index in [1.54, 1.807) is 0 Å². The average Bonchev–Trinajstić information content (AvgIpc) is 2.47. The van der Waals surface area contributed by atoms with Crippen molar-refractivity contribution in [3.8, 4) is 0 Å². The molecule has 1 aliphatic carbocycles. The van der Waals surface area contributed by atoms with Crippen LogP contribution in [0.5, 0.6) is 0 Å². The van der Waals surface area contributed by atoms with E-state index in [1.807, 2.05) is 13.8 Å². The lowest BCUT2D eigenvalue weighted by molar-refractivity contribution is -0.168. The molecular weight excluding hydrogens is 172 g/mol. The molecule has 2 fully saturated rings. The number of aliphatic hydroxyl groups excluding tert-OH is 2. The van der Waals surface area contributed by atoms with Crippen molar-refractivity contribution in [1.82, 2.24) is 0 Å². The molecule has 0 spiro atoms. The van der Waals surface area contributed by atoms with E-state index in [-0.39, 0.29) is 24.7 Å². The normalized spacial score (nSPS) is 48.0. The molecule has 4 nitrogen and oxygen atoms in total. The Morgan fingerprint density at radius 3 is 2.62 bits per heavy atom. The second-order valence-corrected chi connectivity index (χ2v) is 4.31. The number of hydrogen-bond donors (Lipinski definition) is 2. The summed E-state index contributed by atoms with van der Waals surface area (Å²) in [7, 11) is 0. The third-order valence-corrected chi connectivity index (χ3v) is 2.81. The first-order chi connectivity index (χ1) is 6.03. The van der Waals surface area contributed by atoms with E-state index in [2.05, 4.69) is 0 Å². The van der Waals surface area contributed by atoms with Crippen molar-refractivity contribution in [1.29, 1.82) is 0 Å². The van der Waals surface area contributed by atoms with E-state index >= 15 is 0 Å². The summed E-state index contributed by atoms with van der Waals surface area (Å²) in [5, 5.41) is 18.7. The molecule has 0 radical (unpaired) electrons. The molecule has 0 aromatic carbocycles. The van der Waals surface area contributed by atoms with E-state index in [0.29, 0.717) is 6.42 Å². The van der Waals surface area contributed by atoms with Gasteiger partial charge in [-0.3, -0.25) is 0 Å². The van der Waals surface area contributed by atoms with Gasteiger partial charge >= 0.3 is 0 Å². The summed E-state index contributed by atoms with van der Waals surface area (Å²) < 4.78 is 11.1. The third kappa shape index (κ3) is 1.48. The number of ether oxygens (including phenoxy) is 2. The summed E-state index contributed by atoms with van der Waals surface area (Å²) in [6.45, 7) is 3.68. The molecular formula is C9H16O4. The molecule has 4 atom stereocenters. The Morgan fingerprint density at radius 2 is 2.08 bits per heavy atom.